The molecule has 0 atom stereocenters. The van der Waals surface area contributed by atoms with Crippen molar-refractivity contribution in [3.8, 4) is 5.82 Å². The third-order valence-corrected chi connectivity index (χ3v) is 5.32. The summed E-state index contributed by atoms with van der Waals surface area (Å²) in [6, 6.07) is 12.0. The van der Waals surface area contributed by atoms with Gasteiger partial charge in [-0.1, -0.05) is 18.2 Å². The van der Waals surface area contributed by atoms with Gasteiger partial charge in [-0.25, -0.2) is 14.6 Å². The van der Waals surface area contributed by atoms with Crippen LogP contribution in [0.15, 0.2) is 61.3 Å². The number of fused-ring (bicyclic) bond motifs is 1. The number of amides is 1. The topological polar surface area (TPSA) is 91.7 Å². The van der Waals surface area contributed by atoms with Crippen molar-refractivity contribution in [2.45, 2.75) is 6.42 Å². The molecule has 0 radical (unpaired) electrons. The summed E-state index contributed by atoms with van der Waals surface area (Å²) in [4.78, 5) is 26.4. The van der Waals surface area contributed by atoms with Crippen molar-refractivity contribution in [3.05, 3.63) is 66.9 Å². The van der Waals surface area contributed by atoms with Crippen molar-refractivity contribution < 1.29 is 4.79 Å². The first-order valence-corrected chi connectivity index (χ1v) is 9.67. The molecule has 1 fully saturated rings. The molecule has 0 spiro atoms. The molecular formula is C21H21N7O. The highest BCUT2D eigenvalue weighted by Crippen LogP contribution is 2.24. The summed E-state index contributed by atoms with van der Waals surface area (Å²) in [5.41, 5.74) is 2.35. The standard InChI is InChI=1S/C21H21N7O/c29-21(22-8-6-15-11-23-18-5-2-1-4-17(15)18)16-12-27(13-16)19-10-20(25-14-24-19)28-9-3-7-26-28/h1-5,7,9-11,14,16,23H,6,8,12-13H2,(H,22,29). The molecule has 1 amide bonds. The van der Waals surface area contributed by atoms with Gasteiger partial charge in [-0.05, 0) is 24.1 Å². The van der Waals surface area contributed by atoms with Crippen LogP contribution < -0.4 is 10.2 Å². The molecule has 0 saturated carbocycles. The number of hydrogen-bond donors (Lipinski definition) is 2. The van der Waals surface area contributed by atoms with Gasteiger partial charge in [0.2, 0.25) is 5.91 Å². The molecule has 4 aromatic rings. The summed E-state index contributed by atoms with van der Waals surface area (Å²) in [5.74, 6) is 1.61. The van der Waals surface area contributed by atoms with Crippen molar-refractivity contribution in [2.24, 2.45) is 5.92 Å². The van der Waals surface area contributed by atoms with Gasteiger partial charge in [0.1, 0.15) is 12.1 Å². The van der Waals surface area contributed by atoms with E-state index in [9.17, 15) is 4.79 Å². The quantitative estimate of drug-likeness (QED) is 0.528. The van der Waals surface area contributed by atoms with Gasteiger partial charge < -0.3 is 15.2 Å². The largest absolute Gasteiger partial charge is 0.361 e. The first-order chi connectivity index (χ1) is 14.3. The van der Waals surface area contributed by atoms with E-state index in [0.717, 1.165) is 17.8 Å². The number of aromatic nitrogens is 5. The maximum atomic E-state index is 12.5. The number of nitrogens with zero attached hydrogens (tertiary/aromatic N) is 5. The van der Waals surface area contributed by atoms with Crippen LogP contribution in [0.25, 0.3) is 16.7 Å². The number of carbonyl (C=O) groups is 1. The molecule has 1 saturated heterocycles. The Morgan fingerprint density at radius 1 is 1.17 bits per heavy atom. The minimum absolute atomic E-state index is 0.0129. The van der Waals surface area contributed by atoms with Crippen molar-refractivity contribution in [1.29, 1.82) is 0 Å². The number of para-hydroxylation sites is 1. The van der Waals surface area contributed by atoms with Gasteiger partial charge in [0.05, 0.1) is 5.92 Å². The Morgan fingerprint density at radius 3 is 2.90 bits per heavy atom. The minimum atomic E-state index is -0.0129. The number of H-pyrrole nitrogens is 1. The van der Waals surface area contributed by atoms with Crippen LogP contribution in [0.4, 0.5) is 5.82 Å². The summed E-state index contributed by atoms with van der Waals surface area (Å²) < 4.78 is 1.69. The van der Waals surface area contributed by atoms with Gasteiger partial charge >= 0.3 is 0 Å². The van der Waals surface area contributed by atoms with Crippen LogP contribution in [0.3, 0.4) is 0 Å². The fraction of sp³-hybridized carbons (Fsp3) is 0.238. The molecule has 2 N–H and O–H groups in total. The fourth-order valence-corrected chi connectivity index (χ4v) is 3.67. The van der Waals surface area contributed by atoms with Gasteiger partial charge in [0.15, 0.2) is 5.82 Å². The van der Waals surface area contributed by atoms with Gasteiger partial charge in [-0.3, -0.25) is 4.79 Å². The Balaban J connectivity index is 1.13. The monoisotopic (exact) mass is 387 g/mol. The molecule has 1 aromatic carbocycles. The number of hydrogen-bond acceptors (Lipinski definition) is 5. The fourth-order valence-electron chi connectivity index (χ4n) is 3.67. The number of aromatic amines is 1. The highest BCUT2D eigenvalue weighted by atomic mass is 16.2. The second kappa shape index (κ2) is 7.38. The molecule has 3 aromatic heterocycles. The molecule has 8 heteroatoms. The molecule has 8 nitrogen and oxygen atoms in total. The predicted octanol–water partition coefficient (Wildman–Crippen LogP) is 1.94. The van der Waals surface area contributed by atoms with E-state index in [-0.39, 0.29) is 11.8 Å². The van der Waals surface area contributed by atoms with E-state index >= 15 is 0 Å². The molecule has 146 valence electrons. The number of carbonyl (C=O) groups excluding carboxylic acids is 1. The first kappa shape index (κ1) is 17.4. The van der Waals surface area contributed by atoms with Crippen LogP contribution in [-0.4, -0.2) is 50.3 Å². The minimum Gasteiger partial charge on any atom is -0.361 e. The van der Waals surface area contributed by atoms with Gasteiger partial charge in [-0.15, -0.1) is 0 Å². The Kier molecular flexibility index (Phi) is 4.44. The summed E-state index contributed by atoms with van der Waals surface area (Å²) in [7, 11) is 0. The maximum absolute atomic E-state index is 12.5. The highest BCUT2D eigenvalue weighted by molar-refractivity contribution is 5.84. The summed E-state index contributed by atoms with van der Waals surface area (Å²) in [6.45, 7) is 1.96. The molecule has 1 aliphatic heterocycles. The molecule has 5 rings (SSSR count). The lowest BCUT2D eigenvalue weighted by atomic mass is 9.99. The van der Waals surface area contributed by atoms with E-state index in [2.05, 4.69) is 42.4 Å². The number of nitrogens with one attached hydrogen (secondary N) is 2. The number of benzene rings is 1. The molecule has 1 aliphatic rings. The van der Waals surface area contributed by atoms with E-state index in [1.807, 2.05) is 36.7 Å². The average Bonchev–Trinajstić information content (AvgIpc) is 3.38. The highest BCUT2D eigenvalue weighted by Gasteiger charge is 2.33. The number of rotatable bonds is 6. The maximum Gasteiger partial charge on any atom is 0.226 e. The Labute approximate surface area is 167 Å². The van der Waals surface area contributed by atoms with E-state index in [0.29, 0.717) is 25.5 Å². The van der Waals surface area contributed by atoms with Gasteiger partial charge in [0, 0.05) is 55.2 Å². The molecular weight excluding hydrogens is 366 g/mol. The Morgan fingerprint density at radius 2 is 2.03 bits per heavy atom. The molecule has 0 aliphatic carbocycles. The smallest absolute Gasteiger partial charge is 0.226 e. The van der Waals surface area contributed by atoms with Crippen LogP contribution in [0.5, 0.6) is 0 Å². The lowest BCUT2D eigenvalue weighted by Gasteiger charge is -2.39. The van der Waals surface area contributed by atoms with Crippen LogP contribution in [0.2, 0.25) is 0 Å². The van der Waals surface area contributed by atoms with Crippen LogP contribution >= 0.6 is 0 Å². The van der Waals surface area contributed by atoms with E-state index in [1.165, 1.54) is 17.3 Å². The lowest BCUT2D eigenvalue weighted by molar-refractivity contribution is -0.125. The molecule has 0 bridgehead atoms. The SMILES string of the molecule is O=C(NCCc1c[nH]c2ccccc12)C1CN(c2cc(-n3cccn3)ncn2)C1. The molecule has 4 heterocycles. The lowest BCUT2D eigenvalue weighted by Crippen LogP contribution is -2.54. The second-order valence-corrected chi connectivity index (χ2v) is 7.19. The zero-order valence-corrected chi connectivity index (χ0v) is 15.8. The van der Waals surface area contributed by atoms with Crippen molar-refractivity contribution in [1.82, 2.24) is 30.0 Å². The van der Waals surface area contributed by atoms with Crippen LogP contribution in [0, 0.1) is 5.92 Å². The zero-order chi connectivity index (χ0) is 19.6. The molecule has 0 unspecified atom stereocenters. The van der Waals surface area contributed by atoms with Crippen molar-refractivity contribution in [2.75, 3.05) is 24.5 Å². The van der Waals surface area contributed by atoms with Gasteiger partial charge in [0.25, 0.3) is 0 Å². The van der Waals surface area contributed by atoms with Crippen molar-refractivity contribution >= 4 is 22.6 Å². The normalized spacial score (nSPS) is 14.1. The summed E-state index contributed by atoms with van der Waals surface area (Å²) in [6.07, 6.45) is 7.91. The van der Waals surface area contributed by atoms with Gasteiger partial charge in [-0.2, -0.15) is 5.10 Å². The van der Waals surface area contributed by atoms with Crippen molar-refractivity contribution in [3.63, 3.8) is 0 Å². The third kappa shape index (κ3) is 3.44. The average molecular weight is 387 g/mol. The predicted molar refractivity (Wildman–Crippen MR) is 110 cm³/mol. The van der Waals surface area contributed by atoms with Crippen LogP contribution in [0.1, 0.15) is 5.56 Å². The Hall–Kier alpha value is -3.68. The zero-order valence-electron chi connectivity index (χ0n) is 15.8. The second-order valence-electron chi connectivity index (χ2n) is 7.19. The summed E-state index contributed by atoms with van der Waals surface area (Å²) >= 11 is 0. The van der Waals surface area contributed by atoms with E-state index in [4.69, 9.17) is 0 Å². The van der Waals surface area contributed by atoms with E-state index in [1.54, 1.807) is 10.9 Å². The number of anilines is 1. The van der Waals surface area contributed by atoms with E-state index < -0.39 is 0 Å². The first-order valence-electron chi connectivity index (χ1n) is 9.67. The Bertz CT molecular complexity index is 1130. The van der Waals surface area contributed by atoms with Crippen LogP contribution in [-0.2, 0) is 11.2 Å². The molecule has 29 heavy (non-hydrogen) atoms. The summed E-state index contributed by atoms with van der Waals surface area (Å²) in [5, 5.41) is 8.47. The third-order valence-electron chi connectivity index (χ3n) is 5.32.